The van der Waals surface area contributed by atoms with E-state index in [1.54, 1.807) is 0 Å². The van der Waals surface area contributed by atoms with Gasteiger partial charge >= 0.3 is 0 Å². The van der Waals surface area contributed by atoms with Gasteiger partial charge in [-0.15, -0.1) is 0 Å². The van der Waals surface area contributed by atoms with Crippen molar-refractivity contribution >= 4 is 5.82 Å². The Kier molecular flexibility index (Phi) is 2.15. The summed E-state index contributed by atoms with van der Waals surface area (Å²) in [6.45, 7) is 4.54. The lowest BCUT2D eigenvalue weighted by Crippen LogP contribution is -2.21. The fourth-order valence-corrected chi connectivity index (χ4v) is 3.13. The van der Waals surface area contributed by atoms with Crippen LogP contribution in [-0.4, -0.2) is 18.1 Å². The second-order valence-corrected chi connectivity index (χ2v) is 4.99. The molecule has 0 radical (unpaired) electrons. The lowest BCUT2D eigenvalue weighted by atomic mass is 10.0. The Bertz CT molecular complexity index is 349. The molecule has 0 unspecified atom stereocenters. The van der Waals surface area contributed by atoms with Crippen LogP contribution in [0.4, 0.5) is 5.82 Å². The van der Waals surface area contributed by atoms with E-state index in [9.17, 15) is 0 Å². The van der Waals surface area contributed by atoms with Gasteiger partial charge in [0, 0.05) is 18.8 Å². The number of hydrogen-bond donors (Lipinski definition) is 0. The molecule has 15 heavy (non-hydrogen) atoms. The second-order valence-electron chi connectivity index (χ2n) is 4.99. The fraction of sp³-hybridized carbons (Fsp3) is 0.615. The first kappa shape index (κ1) is 9.20. The van der Waals surface area contributed by atoms with Crippen molar-refractivity contribution in [2.75, 3.05) is 18.0 Å². The molecular formula is C13H18N2. The standard InChI is InChI=1S/C13H18N2/c1-10-4-2-7-13(14-10)15-8-11-5-3-6-12(11)9-15/h2,4,7,11-12H,3,5-6,8-9H2,1H3/t11-,12+. The zero-order valence-electron chi connectivity index (χ0n) is 9.32. The summed E-state index contributed by atoms with van der Waals surface area (Å²) in [5.41, 5.74) is 1.13. The van der Waals surface area contributed by atoms with Crippen molar-refractivity contribution in [3.8, 4) is 0 Å². The number of hydrogen-bond acceptors (Lipinski definition) is 2. The lowest BCUT2D eigenvalue weighted by Gasteiger charge is -2.18. The van der Waals surface area contributed by atoms with E-state index < -0.39 is 0 Å². The maximum Gasteiger partial charge on any atom is 0.128 e. The Hall–Kier alpha value is -1.05. The minimum Gasteiger partial charge on any atom is -0.356 e. The Morgan fingerprint density at radius 3 is 2.60 bits per heavy atom. The van der Waals surface area contributed by atoms with Gasteiger partial charge in [-0.05, 0) is 43.7 Å². The molecule has 2 heteroatoms. The topological polar surface area (TPSA) is 16.1 Å². The SMILES string of the molecule is Cc1cccc(N2C[C@H]3CCC[C@H]3C2)n1. The molecule has 1 aliphatic carbocycles. The Balaban J connectivity index is 1.79. The van der Waals surface area contributed by atoms with E-state index in [2.05, 4.69) is 35.0 Å². The highest BCUT2D eigenvalue weighted by Gasteiger charge is 2.36. The highest BCUT2D eigenvalue weighted by molar-refractivity contribution is 5.41. The van der Waals surface area contributed by atoms with Crippen molar-refractivity contribution in [2.45, 2.75) is 26.2 Å². The summed E-state index contributed by atoms with van der Waals surface area (Å²) in [6, 6.07) is 6.33. The predicted octanol–water partition coefficient (Wildman–Crippen LogP) is 2.63. The van der Waals surface area contributed by atoms with E-state index >= 15 is 0 Å². The van der Waals surface area contributed by atoms with E-state index in [4.69, 9.17) is 0 Å². The van der Waals surface area contributed by atoms with Crippen molar-refractivity contribution in [1.29, 1.82) is 0 Å². The molecular weight excluding hydrogens is 184 g/mol. The molecule has 2 atom stereocenters. The van der Waals surface area contributed by atoms with Gasteiger partial charge in [0.25, 0.3) is 0 Å². The lowest BCUT2D eigenvalue weighted by molar-refractivity contribution is 0.494. The summed E-state index contributed by atoms with van der Waals surface area (Å²) in [4.78, 5) is 7.08. The highest BCUT2D eigenvalue weighted by atomic mass is 15.2. The Morgan fingerprint density at radius 2 is 1.93 bits per heavy atom. The number of nitrogens with zero attached hydrogens (tertiary/aromatic N) is 2. The molecule has 0 amide bonds. The highest BCUT2D eigenvalue weighted by Crippen LogP contribution is 2.38. The molecule has 1 aromatic rings. The summed E-state index contributed by atoms with van der Waals surface area (Å²) in [5, 5.41) is 0. The van der Waals surface area contributed by atoms with E-state index in [-0.39, 0.29) is 0 Å². The van der Waals surface area contributed by atoms with Crippen molar-refractivity contribution in [3.63, 3.8) is 0 Å². The Labute approximate surface area is 91.3 Å². The molecule has 1 saturated heterocycles. The van der Waals surface area contributed by atoms with Crippen LogP contribution >= 0.6 is 0 Å². The van der Waals surface area contributed by atoms with Gasteiger partial charge in [-0.25, -0.2) is 4.98 Å². The third-order valence-corrected chi connectivity index (χ3v) is 3.92. The third-order valence-electron chi connectivity index (χ3n) is 3.92. The molecule has 3 rings (SSSR count). The molecule has 2 fully saturated rings. The van der Waals surface area contributed by atoms with Crippen LogP contribution < -0.4 is 4.90 Å². The van der Waals surface area contributed by atoms with Crippen LogP contribution in [-0.2, 0) is 0 Å². The molecule has 1 saturated carbocycles. The summed E-state index contributed by atoms with van der Waals surface area (Å²) >= 11 is 0. The van der Waals surface area contributed by atoms with Gasteiger partial charge in [-0.1, -0.05) is 12.5 Å². The number of aryl methyl sites for hydroxylation is 1. The quantitative estimate of drug-likeness (QED) is 0.696. The monoisotopic (exact) mass is 202 g/mol. The first-order valence-corrected chi connectivity index (χ1v) is 6.01. The summed E-state index contributed by atoms with van der Waals surface area (Å²) in [7, 11) is 0. The van der Waals surface area contributed by atoms with Crippen molar-refractivity contribution in [2.24, 2.45) is 11.8 Å². The third kappa shape index (κ3) is 1.62. The van der Waals surface area contributed by atoms with Crippen molar-refractivity contribution in [3.05, 3.63) is 23.9 Å². The van der Waals surface area contributed by atoms with Crippen LogP contribution in [0, 0.1) is 18.8 Å². The van der Waals surface area contributed by atoms with E-state index in [1.807, 2.05) is 0 Å². The smallest absolute Gasteiger partial charge is 0.128 e. The van der Waals surface area contributed by atoms with Crippen LogP contribution in [0.2, 0.25) is 0 Å². The van der Waals surface area contributed by atoms with Gasteiger partial charge in [0.1, 0.15) is 5.82 Å². The number of anilines is 1. The van der Waals surface area contributed by atoms with E-state index in [0.29, 0.717) is 0 Å². The molecule has 0 aromatic carbocycles. The van der Waals surface area contributed by atoms with Gasteiger partial charge in [0.15, 0.2) is 0 Å². The summed E-state index contributed by atoms with van der Waals surface area (Å²) < 4.78 is 0. The zero-order chi connectivity index (χ0) is 10.3. The van der Waals surface area contributed by atoms with Crippen LogP contribution in [0.3, 0.4) is 0 Å². The second kappa shape index (κ2) is 3.51. The minimum absolute atomic E-state index is 0.951. The first-order valence-electron chi connectivity index (χ1n) is 6.01. The van der Waals surface area contributed by atoms with Gasteiger partial charge in [-0.3, -0.25) is 0 Å². The molecule has 1 aliphatic heterocycles. The number of aromatic nitrogens is 1. The maximum atomic E-state index is 4.61. The predicted molar refractivity (Wildman–Crippen MR) is 62.0 cm³/mol. The molecule has 2 aliphatic rings. The number of rotatable bonds is 1. The maximum absolute atomic E-state index is 4.61. The molecule has 1 aromatic heterocycles. The van der Waals surface area contributed by atoms with Crippen LogP contribution in [0.25, 0.3) is 0 Å². The number of pyridine rings is 1. The molecule has 80 valence electrons. The van der Waals surface area contributed by atoms with Crippen molar-refractivity contribution in [1.82, 2.24) is 4.98 Å². The van der Waals surface area contributed by atoms with E-state index in [1.165, 1.54) is 38.2 Å². The van der Waals surface area contributed by atoms with Crippen LogP contribution in [0.15, 0.2) is 18.2 Å². The molecule has 2 heterocycles. The van der Waals surface area contributed by atoms with Gasteiger partial charge in [0.2, 0.25) is 0 Å². The van der Waals surface area contributed by atoms with E-state index in [0.717, 1.165) is 17.5 Å². The zero-order valence-corrected chi connectivity index (χ0v) is 9.32. The normalized spacial score (nSPS) is 29.5. The first-order chi connectivity index (χ1) is 7.33. The van der Waals surface area contributed by atoms with Crippen LogP contribution in [0.5, 0.6) is 0 Å². The summed E-state index contributed by atoms with van der Waals surface area (Å²) in [6.07, 6.45) is 4.32. The largest absolute Gasteiger partial charge is 0.356 e. The molecule has 0 spiro atoms. The average Bonchev–Trinajstić information content (AvgIpc) is 2.76. The minimum atomic E-state index is 0.951. The molecule has 0 bridgehead atoms. The Morgan fingerprint density at radius 1 is 1.20 bits per heavy atom. The summed E-state index contributed by atoms with van der Waals surface area (Å²) in [5.74, 6) is 3.09. The fourth-order valence-electron chi connectivity index (χ4n) is 3.13. The van der Waals surface area contributed by atoms with Gasteiger partial charge < -0.3 is 4.90 Å². The van der Waals surface area contributed by atoms with Crippen LogP contribution in [0.1, 0.15) is 25.0 Å². The number of fused-ring (bicyclic) bond motifs is 1. The molecule has 0 N–H and O–H groups in total. The average molecular weight is 202 g/mol. The van der Waals surface area contributed by atoms with Crippen molar-refractivity contribution < 1.29 is 0 Å². The van der Waals surface area contributed by atoms with Gasteiger partial charge in [-0.2, -0.15) is 0 Å². The molecule has 2 nitrogen and oxygen atoms in total. The van der Waals surface area contributed by atoms with Gasteiger partial charge in [0.05, 0.1) is 0 Å².